The molecule has 3 saturated carbocycles. The van der Waals surface area contributed by atoms with E-state index in [-0.39, 0.29) is 77.4 Å². The van der Waals surface area contributed by atoms with Crippen LogP contribution in [0.1, 0.15) is 67.2 Å². The van der Waals surface area contributed by atoms with Gasteiger partial charge in [0.05, 0.1) is 23.0 Å². The molecule has 0 amide bonds. The zero-order chi connectivity index (χ0) is 25.7. The molecule has 6 heteroatoms. The third-order valence-electron chi connectivity index (χ3n) is 12.4. The van der Waals surface area contributed by atoms with Gasteiger partial charge in [-0.2, -0.15) is 0 Å². The number of esters is 2. The highest BCUT2D eigenvalue weighted by Crippen LogP contribution is 2.78. The smallest absolute Gasteiger partial charge is 0.309 e. The molecular formula is C30H40O6. The van der Waals surface area contributed by atoms with Gasteiger partial charge in [0.1, 0.15) is 12.2 Å². The van der Waals surface area contributed by atoms with E-state index in [2.05, 4.69) is 19.9 Å². The highest BCUT2D eigenvalue weighted by Gasteiger charge is 2.78. The number of rotatable bonds is 0. The molecule has 5 fully saturated rings. The molecule has 2 bridgehead atoms. The van der Waals surface area contributed by atoms with Crippen LogP contribution in [0.2, 0.25) is 0 Å². The van der Waals surface area contributed by atoms with Crippen LogP contribution in [0.4, 0.5) is 0 Å². The van der Waals surface area contributed by atoms with Crippen molar-refractivity contribution in [1.82, 2.24) is 0 Å². The number of ether oxygens (including phenoxy) is 2. The first-order chi connectivity index (χ1) is 16.8. The Hall–Kier alpha value is -1.66. The highest BCUT2D eigenvalue weighted by atomic mass is 16.6. The molecule has 7 aliphatic rings. The van der Waals surface area contributed by atoms with Crippen LogP contribution >= 0.6 is 0 Å². The second kappa shape index (κ2) is 6.85. The number of fused-ring (bicyclic) bond motifs is 7. The van der Waals surface area contributed by atoms with Crippen molar-refractivity contribution in [3.8, 4) is 0 Å². The Labute approximate surface area is 213 Å². The Morgan fingerprint density at radius 2 is 1.50 bits per heavy atom. The zero-order valence-corrected chi connectivity index (χ0v) is 22.3. The second-order valence-electron chi connectivity index (χ2n) is 13.9. The van der Waals surface area contributed by atoms with Crippen molar-refractivity contribution >= 4 is 11.9 Å². The summed E-state index contributed by atoms with van der Waals surface area (Å²) in [4.78, 5) is 25.7. The Bertz CT molecular complexity index is 1130. The second-order valence-corrected chi connectivity index (χ2v) is 13.9. The van der Waals surface area contributed by atoms with Crippen molar-refractivity contribution in [3.63, 3.8) is 0 Å². The fourth-order valence-electron chi connectivity index (χ4n) is 11.0. The molecule has 6 nitrogen and oxygen atoms in total. The summed E-state index contributed by atoms with van der Waals surface area (Å²) in [6.45, 7) is 12.2. The maximum atomic E-state index is 13.0. The molecule has 2 heterocycles. The molecule has 7 rings (SSSR count). The van der Waals surface area contributed by atoms with Crippen LogP contribution in [0.5, 0.6) is 0 Å². The minimum absolute atomic E-state index is 0.0486. The predicted molar refractivity (Wildman–Crippen MR) is 131 cm³/mol. The molecule has 0 radical (unpaired) electrons. The molecule has 196 valence electrons. The summed E-state index contributed by atoms with van der Waals surface area (Å²) in [6.07, 6.45) is 4.59. The average Bonchev–Trinajstić information content (AvgIpc) is 3.49. The van der Waals surface area contributed by atoms with Crippen LogP contribution in [0.25, 0.3) is 0 Å². The number of aliphatic hydroxyl groups is 2. The van der Waals surface area contributed by atoms with Crippen molar-refractivity contribution in [2.75, 3.05) is 0 Å². The quantitative estimate of drug-likeness (QED) is 0.391. The molecule has 2 N–H and O–H groups in total. The lowest BCUT2D eigenvalue weighted by Gasteiger charge is -2.47. The number of allylic oxidation sites excluding steroid dienone is 2. The van der Waals surface area contributed by atoms with Crippen molar-refractivity contribution in [2.45, 2.75) is 90.6 Å². The van der Waals surface area contributed by atoms with Gasteiger partial charge >= 0.3 is 11.9 Å². The van der Waals surface area contributed by atoms with Crippen molar-refractivity contribution in [3.05, 3.63) is 22.8 Å². The Balaban J connectivity index is 1.47. The Morgan fingerprint density at radius 3 is 2.22 bits per heavy atom. The lowest BCUT2D eigenvalue weighted by atomic mass is 9.58. The molecule has 0 aromatic rings. The first-order valence-corrected chi connectivity index (χ1v) is 14.1. The van der Waals surface area contributed by atoms with Crippen molar-refractivity contribution < 1.29 is 29.3 Å². The van der Waals surface area contributed by atoms with E-state index in [0.717, 1.165) is 18.4 Å². The highest BCUT2D eigenvalue weighted by molar-refractivity contribution is 5.76. The van der Waals surface area contributed by atoms with Gasteiger partial charge in [0.15, 0.2) is 0 Å². The lowest BCUT2D eigenvalue weighted by molar-refractivity contribution is -0.153. The van der Waals surface area contributed by atoms with Gasteiger partial charge in [0, 0.05) is 29.1 Å². The van der Waals surface area contributed by atoms with E-state index >= 15 is 0 Å². The fourth-order valence-corrected chi connectivity index (χ4v) is 11.0. The van der Waals surface area contributed by atoms with Crippen molar-refractivity contribution in [1.29, 1.82) is 0 Å². The summed E-state index contributed by atoms with van der Waals surface area (Å²) in [5.74, 6) is -0.460. The summed E-state index contributed by atoms with van der Waals surface area (Å²) in [6, 6.07) is 0. The van der Waals surface area contributed by atoms with Gasteiger partial charge in [-0.1, -0.05) is 31.1 Å². The molecule has 5 aliphatic carbocycles. The Kier molecular flexibility index (Phi) is 4.46. The largest absolute Gasteiger partial charge is 0.461 e. The van der Waals surface area contributed by atoms with Crippen LogP contribution in [-0.4, -0.2) is 45.6 Å². The van der Waals surface area contributed by atoms with Gasteiger partial charge in [-0.3, -0.25) is 9.59 Å². The minimum atomic E-state index is -0.931. The third kappa shape index (κ3) is 2.43. The fraction of sp³-hybridized carbons (Fsp3) is 0.800. The van der Waals surface area contributed by atoms with Gasteiger partial charge in [-0.05, 0) is 76.7 Å². The van der Waals surface area contributed by atoms with Crippen LogP contribution in [0.15, 0.2) is 22.8 Å². The van der Waals surface area contributed by atoms with E-state index in [1.807, 2.05) is 27.7 Å². The molecule has 0 aromatic heterocycles. The van der Waals surface area contributed by atoms with Gasteiger partial charge < -0.3 is 19.7 Å². The SMILES string of the molecule is CC1=CC2[C@@H]3C4C(=C(C)[C@@H]3[C@@]13[C@@H]2[C@@](C)(O)CC[C@H]1[C@H](C)C(=O)O[C@@H]13)[C@H]1OC(=O)C(C)C1CC[C@]4(C)O. The van der Waals surface area contributed by atoms with Gasteiger partial charge in [0.2, 0.25) is 0 Å². The maximum absolute atomic E-state index is 13.0. The summed E-state index contributed by atoms with van der Waals surface area (Å²) in [7, 11) is 0. The van der Waals surface area contributed by atoms with Crippen LogP contribution in [0, 0.1) is 58.7 Å². The molecule has 2 aliphatic heterocycles. The summed E-state index contributed by atoms with van der Waals surface area (Å²) in [5, 5.41) is 24.1. The molecule has 14 atom stereocenters. The van der Waals surface area contributed by atoms with Crippen molar-refractivity contribution in [2.24, 2.45) is 58.7 Å². The van der Waals surface area contributed by atoms with Gasteiger partial charge in [-0.15, -0.1) is 0 Å². The molecule has 0 spiro atoms. The summed E-state index contributed by atoms with van der Waals surface area (Å²) >= 11 is 0. The van der Waals surface area contributed by atoms with E-state index in [9.17, 15) is 19.8 Å². The summed E-state index contributed by atoms with van der Waals surface area (Å²) < 4.78 is 12.4. The van der Waals surface area contributed by atoms with E-state index < -0.39 is 16.6 Å². The first kappa shape index (κ1) is 23.5. The van der Waals surface area contributed by atoms with Gasteiger partial charge in [-0.25, -0.2) is 0 Å². The Morgan fingerprint density at radius 1 is 0.889 bits per heavy atom. The number of hydrogen-bond donors (Lipinski definition) is 2. The van der Waals surface area contributed by atoms with Crippen LogP contribution < -0.4 is 0 Å². The average molecular weight is 497 g/mol. The zero-order valence-electron chi connectivity index (χ0n) is 22.3. The first-order valence-electron chi connectivity index (χ1n) is 14.1. The molecular weight excluding hydrogens is 456 g/mol. The molecule has 4 unspecified atom stereocenters. The monoisotopic (exact) mass is 496 g/mol. The topological polar surface area (TPSA) is 93.1 Å². The van der Waals surface area contributed by atoms with E-state index in [1.54, 1.807) is 0 Å². The standard InChI is InChI=1S/C30H40O6/c1-12-11-18-20-21(30(12)24(18)29(6,34)10-8-17-14(3)27(32)36-25(17)30)15(4)19-22(20)28(5,33)9-7-16-13(2)26(31)35-23(16)19/h11,13-14,16-18,20-25,33-34H,7-10H2,1-6H3/t13?,14-,16?,17-,18?,20-,21-,22?,23-,24-,25-,28-,29-,30+/m0/s1. The summed E-state index contributed by atoms with van der Waals surface area (Å²) in [5.41, 5.74) is 1.23. The van der Waals surface area contributed by atoms with Gasteiger partial charge in [0.25, 0.3) is 0 Å². The van der Waals surface area contributed by atoms with E-state index in [4.69, 9.17) is 9.47 Å². The van der Waals surface area contributed by atoms with E-state index in [0.29, 0.717) is 12.8 Å². The van der Waals surface area contributed by atoms with Crippen LogP contribution in [0.3, 0.4) is 0 Å². The molecule has 2 saturated heterocycles. The van der Waals surface area contributed by atoms with E-state index in [1.165, 1.54) is 11.1 Å². The normalized spacial score (nSPS) is 58.8. The maximum Gasteiger partial charge on any atom is 0.309 e. The molecule has 0 aromatic carbocycles. The third-order valence-corrected chi connectivity index (χ3v) is 12.4. The molecule has 36 heavy (non-hydrogen) atoms. The minimum Gasteiger partial charge on any atom is -0.461 e. The number of hydrogen-bond acceptors (Lipinski definition) is 6. The van der Waals surface area contributed by atoms with Crippen LogP contribution in [-0.2, 0) is 19.1 Å². The predicted octanol–water partition coefficient (Wildman–Crippen LogP) is 3.80. The lowest BCUT2D eigenvalue weighted by Crippen LogP contribution is -2.51. The number of carbonyl (C=O) groups excluding carboxylic acids is 2. The number of carbonyl (C=O) groups is 2.